The third-order valence-corrected chi connectivity index (χ3v) is 3.51. The lowest BCUT2D eigenvalue weighted by molar-refractivity contribution is 0.251. The van der Waals surface area contributed by atoms with Crippen molar-refractivity contribution < 1.29 is 0 Å². The fraction of sp³-hybridized carbons (Fsp3) is 0.538. The Labute approximate surface area is 97.0 Å². The summed E-state index contributed by atoms with van der Waals surface area (Å²) in [5.41, 5.74) is 2.70. The second-order valence-corrected chi connectivity index (χ2v) is 4.75. The van der Waals surface area contributed by atoms with Crippen LogP contribution in [0.5, 0.6) is 0 Å². The van der Waals surface area contributed by atoms with Crippen molar-refractivity contribution in [2.45, 2.75) is 24.6 Å². The minimum absolute atomic E-state index is 0.621. The minimum Gasteiger partial charge on any atom is -0.306 e. The average molecular weight is 224 g/mol. The van der Waals surface area contributed by atoms with E-state index in [1.54, 1.807) is 0 Å². The molecule has 1 nitrogen and oxygen atoms in total. The van der Waals surface area contributed by atoms with Crippen molar-refractivity contribution >= 4 is 11.6 Å². The molecule has 0 spiro atoms. The highest BCUT2D eigenvalue weighted by Gasteiger charge is 2.18. The van der Waals surface area contributed by atoms with Gasteiger partial charge in [-0.3, -0.25) is 0 Å². The number of rotatable bonds is 2. The van der Waals surface area contributed by atoms with E-state index >= 15 is 0 Å². The molecule has 82 valence electrons. The number of benzene rings is 1. The van der Waals surface area contributed by atoms with Gasteiger partial charge >= 0.3 is 0 Å². The highest BCUT2D eigenvalue weighted by Crippen LogP contribution is 2.26. The Kier molecular flexibility index (Phi) is 3.66. The van der Waals surface area contributed by atoms with Crippen molar-refractivity contribution in [3.8, 4) is 0 Å². The van der Waals surface area contributed by atoms with Gasteiger partial charge in [0.2, 0.25) is 0 Å². The number of alkyl halides is 1. The van der Waals surface area contributed by atoms with Gasteiger partial charge in [-0.25, -0.2) is 0 Å². The van der Waals surface area contributed by atoms with Crippen LogP contribution in [0.25, 0.3) is 0 Å². The molecule has 15 heavy (non-hydrogen) atoms. The van der Waals surface area contributed by atoms with E-state index in [4.69, 9.17) is 11.6 Å². The van der Waals surface area contributed by atoms with Gasteiger partial charge in [0, 0.05) is 12.4 Å². The van der Waals surface area contributed by atoms with Gasteiger partial charge in [0.05, 0.1) is 0 Å². The molecule has 0 aliphatic carbocycles. The number of halogens is 1. The molecule has 0 bridgehead atoms. The topological polar surface area (TPSA) is 3.24 Å². The Morgan fingerprint density at radius 1 is 1.47 bits per heavy atom. The standard InChI is InChI=1S/C13H18ClN/c1-15-7-3-6-13(10-15)12-5-2-4-11(8-12)9-14/h2,4-5,8,13H,3,6-7,9-10H2,1H3. The van der Waals surface area contributed by atoms with Crippen LogP contribution in [0.3, 0.4) is 0 Å². The van der Waals surface area contributed by atoms with E-state index in [9.17, 15) is 0 Å². The molecule has 1 aliphatic heterocycles. The SMILES string of the molecule is CN1CCCC(c2cccc(CCl)c2)C1. The Morgan fingerprint density at radius 3 is 3.07 bits per heavy atom. The maximum absolute atomic E-state index is 5.86. The highest BCUT2D eigenvalue weighted by molar-refractivity contribution is 6.17. The summed E-state index contributed by atoms with van der Waals surface area (Å²) in [6.07, 6.45) is 2.63. The first-order valence-corrected chi connectivity index (χ1v) is 6.16. The number of hydrogen-bond acceptors (Lipinski definition) is 1. The van der Waals surface area contributed by atoms with Crippen LogP contribution in [0, 0.1) is 0 Å². The fourth-order valence-electron chi connectivity index (χ4n) is 2.37. The third-order valence-electron chi connectivity index (χ3n) is 3.20. The number of likely N-dealkylation sites (tertiary alicyclic amines) is 1. The summed E-state index contributed by atoms with van der Waals surface area (Å²) in [4.78, 5) is 2.42. The molecule has 1 aromatic rings. The summed E-state index contributed by atoms with van der Waals surface area (Å²) in [7, 11) is 2.21. The smallest absolute Gasteiger partial charge is 0.0474 e. The summed E-state index contributed by atoms with van der Waals surface area (Å²) < 4.78 is 0. The lowest BCUT2D eigenvalue weighted by Gasteiger charge is -2.30. The van der Waals surface area contributed by atoms with Crippen molar-refractivity contribution in [2.24, 2.45) is 0 Å². The van der Waals surface area contributed by atoms with E-state index in [1.165, 1.54) is 37.1 Å². The maximum atomic E-state index is 5.86. The van der Waals surface area contributed by atoms with Gasteiger partial charge in [0.15, 0.2) is 0 Å². The summed E-state index contributed by atoms with van der Waals surface area (Å²) >= 11 is 5.86. The Balaban J connectivity index is 2.13. The van der Waals surface area contributed by atoms with Crippen LogP contribution in [0.1, 0.15) is 29.9 Å². The van der Waals surface area contributed by atoms with Crippen LogP contribution < -0.4 is 0 Å². The zero-order chi connectivity index (χ0) is 10.7. The molecule has 2 heteroatoms. The molecule has 1 aliphatic rings. The second kappa shape index (κ2) is 5.00. The number of hydrogen-bond donors (Lipinski definition) is 0. The molecule has 0 N–H and O–H groups in total. The van der Waals surface area contributed by atoms with Crippen LogP contribution in [-0.4, -0.2) is 25.0 Å². The first-order valence-electron chi connectivity index (χ1n) is 5.63. The Bertz CT molecular complexity index is 324. The fourth-order valence-corrected chi connectivity index (χ4v) is 2.53. The van der Waals surface area contributed by atoms with E-state index in [1.807, 2.05) is 0 Å². The first kappa shape index (κ1) is 11.0. The van der Waals surface area contributed by atoms with Gasteiger partial charge < -0.3 is 4.90 Å². The van der Waals surface area contributed by atoms with E-state index in [2.05, 4.69) is 36.2 Å². The van der Waals surface area contributed by atoms with Gasteiger partial charge in [0.25, 0.3) is 0 Å². The zero-order valence-electron chi connectivity index (χ0n) is 9.25. The molecule has 0 amide bonds. The van der Waals surface area contributed by atoms with Gasteiger partial charge in [-0.1, -0.05) is 24.3 Å². The van der Waals surface area contributed by atoms with Crippen molar-refractivity contribution in [3.63, 3.8) is 0 Å². The van der Waals surface area contributed by atoms with E-state index in [0.717, 1.165) is 0 Å². The molecule has 1 unspecified atom stereocenters. The van der Waals surface area contributed by atoms with Gasteiger partial charge in [-0.05, 0) is 43.5 Å². The lowest BCUT2D eigenvalue weighted by Crippen LogP contribution is -2.30. The number of nitrogens with zero attached hydrogens (tertiary/aromatic N) is 1. The molecule has 1 heterocycles. The zero-order valence-corrected chi connectivity index (χ0v) is 10.0. The minimum atomic E-state index is 0.621. The third kappa shape index (κ3) is 2.73. The van der Waals surface area contributed by atoms with Gasteiger partial charge in [0.1, 0.15) is 0 Å². The molecular formula is C13H18ClN. The van der Waals surface area contributed by atoms with E-state index in [0.29, 0.717) is 11.8 Å². The van der Waals surface area contributed by atoms with Gasteiger partial charge in [-0.15, -0.1) is 11.6 Å². The Hall–Kier alpha value is -0.530. The summed E-state index contributed by atoms with van der Waals surface area (Å²) in [6, 6.07) is 8.72. The van der Waals surface area contributed by atoms with Crippen molar-refractivity contribution in [1.29, 1.82) is 0 Å². The second-order valence-electron chi connectivity index (χ2n) is 4.48. The lowest BCUT2D eigenvalue weighted by atomic mass is 9.90. The predicted molar refractivity (Wildman–Crippen MR) is 65.5 cm³/mol. The van der Waals surface area contributed by atoms with Crippen molar-refractivity contribution in [2.75, 3.05) is 20.1 Å². The summed E-state index contributed by atoms with van der Waals surface area (Å²) in [5, 5.41) is 0. The highest BCUT2D eigenvalue weighted by atomic mass is 35.5. The molecule has 1 aromatic carbocycles. The predicted octanol–water partition coefficient (Wildman–Crippen LogP) is 3.23. The normalized spacial score (nSPS) is 22.9. The first-order chi connectivity index (χ1) is 7.29. The quantitative estimate of drug-likeness (QED) is 0.696. The van der Waals surface area contributed by atoms with Crippen LogP contribution in [-0.2, 0) is 5.88 Å². The Morgan fingerprint density at radius 2 is 2.33 bits per heavy atom. The molecular weight excluding hydrogens is 206 g/mol. The van der Waals surface area contributed by atoms with Crippen LogP contribution >= 0.6 is 11.6 Å². The number of piperidine rings is 1. The van der Waals surface area contributed by atoms with Crippen LogP contribution in [0.15, 0.2) is 24.3 Å². The largest absolute Gasteiger partial charge is 0.306 e. The molecule has 1 saturated heterocycles. The molecule has 1 atom stereocenters. The molecule has 0 aromatic heterocycles. The van der Waals surface area contributed by atoms with Crippen molar-refractivity contribution in [3.05, 3.63) is 35.4 Å². The molecule has 0 saturated carbocycles. The van der Waals surface area contributed by atoms with E-state index in [-0.39, 0.29) is 0 Å². The monoisotopic (exact) mass is 223 g/mol. The van der Waals surface area contributed by atoms with Gasteiger partial charge in [-0.2, -0.15) is 0 Å². The molecule has 1 fully saturated rings. The van der Waals surface area contributed by atoms with Crippen molar-refractivity contribution in [1.82, 2.24) is 4.90 Å². The van der Waals surface area contributed by atoms with Crippen LogP contribution in [0.2, 0.25) is 0 Å². The van der Waals surface area contributed by atoms with E-state index < -0.39 is 0 Å². The summed E-state index contributed by atoms with van der Waals surface area (Å²) in [5.74, 6) is 1.32. The summed E-state index contributed by atoms with van der Waals surface area (Å²) in [6.45, 7) is 2.43. The molecule has 0 radical (unpaired) electrons. The van der Waals surface area contributed by atoms with Crippen LogP contribution in [0.4, 0.5) is 0 Å². The maximum Gasteiger partial charge on any atom is 0.0474 e. The molecule has 2 rings (SSSR count). The average Bonchev–Trinajstić information content (AvgIpc) is 2.29. The number of likely N-dealkylation sites (N-methyl/N-ethyl adjacent to an activating group) is 1.